The molecule has 0 heterocycles. The number of amides is 1. The molecule has 11 heteroatoms. The smallest absolute Gasteiger partial charge is 0.338 e. The monoisotopic (exact) mass is 446 g/mol. The summed E-state index contributed by atoms with van der Waals surface area (Å²) in [5.74, 6) is -1.21. The first-order valence-electron chi connectivity index (χ1n) is 7.66. The average molecular weight is 447 g/mol. The molecule has 0 aliphatic rings. The van der Waals surface area contributed by atoms with Gasteiger partial charge in [-0.25, -0.2) is 18.4 Å². The van der Waals surface area contributed by atoms with Gasteiger partial charge in [-0.1, -0.05) is 23.2 Å². The van der Waals surface area contributed by atoms with Gasteiger partial charge in [0.05, 0.1) is 23.4 Å². The van der Waals surface area contributed by atoms with E-state index in [-0.39, 0.29) is 10.6 Å². The first kappa shape index (κ1) is 22.0. The maximum atomic E-state index is 12.1. The van der Waals surface area contributed by atoms with E-state index in [2.05, 4.69) is 5.32 Å². The highest BCUT2D eigenvalue weighted by atomic mass is 35.5. The molecule has 0 aliphatic carbocycles. The highest BCUT2D eigenvalue weighted by Gasteiger charge is 2.18. The molecule has 0 bridgehead atoms. The average Bonchev–Trinajstić information content (AvgIpc) is 2.62. The zero-order valence-electron chi connectivity index (χ0n) is 14.8. The highest BCUT2D eigenvalue weighted by molar-refractivity contribution is 7.89. The number of methoxy groups -OCH3 is 1. The van der Waals surface area contributed by atoms with Gasteiger partial charge in [-0.2, -0.15) is 0 Å². The summed E-state index contributed by atoms with van der Waals surface area (Å²) >= 11 is 11.8. The Morgan fingerprint density at radius 3 is 2.43 bits per heavy atom. The zero-order chi connectivity index (χ0) is 21.1. The number of rotatable bonds is 6. The van der Waals surface area contributed by atoms with Gasteiger partial charge in [0.25, 0.3) is 5.91 Å². The molecule has 2 rings (SSSR count). The van der Waals surface area contributed by atoms with Crippen LogP contribution in [0.1, 0.15) is 15.9 Å². The molecule has 3 N–H and O–H groups in total. The van der Waals surface area contributed by atoms with Gasteiger partial charge in [0, 0.05) is 11.1 Å². The molecule has 0 radical (unpaired) electrons. The summed E-state index contributed by atoms with van der Waals surface area (Å²) in [5.41, 5.74) is 0.945. The van der Waals surface area contributed by atoms with Gasteiger partial charge < -0.3 is 14.8 Å². The third-order valence-electron chi connectivity index (χ3n) is 3.56. The van der Waals surface area contributed by atoms with Crippen LogP contribution in [0.25, 0.3) is 0 Å². The molecule has 0 saturated carbocycles. The number of halogens is 2. The van der Waals surface area contributed by atoms with Crippen molar-refractivity contribution in [3.05, 3.63) is 51.5 Å². The van der Waals surface area contributed by atoms with E-state index in [1.54, 1.807) is 19.1 Å². The molecule has 0 aliphatic heterocycles. The molecule has 1 amide bonds. The van der Waals surface area contributed by atoms with E-state index < -0.39 is 33.4 Å². The standard InChI is InChI=1S/C17H16Cl2N2O6S/c1-9-5-13(14(26-2)7-12(9)19)21-16(22)8-27-17(23)10-3-4-11(18)15(6-10)28(20,24)25/h3-7H,8H2,1-2H3,(H,21,22)(H2,20,24,25). The maximum Gasteiger partial charge on any atom is 0.338 e. The van der Waals surface area contributed by atoms with Crippen LogP contribution in [0.3, 0.4) is 0 Å². The zero-order valence-corrected chi connectivity index (χ0v) is 17.1. The molecular formula is C17H16Cl2N2O6S. The van der Waals surface area contributed by atoms with Gasteiger partial charge in [0.2, 0.25) is 10.0 Å². The lowest BCUT2D eigenvalue weighted by molar-refractivity contribution is -0.119. The summed E-state index contributed by atoms with van der Waals surface area (Å²) in [7, 11) is -2.70. The number of carbonyl (C=O) groups excluding carboxylic acids is 2. The van der Waals surface area contributed by atoms with Crippen molar-refractivity contribution in [2.45, 2.75) is 11.8 Å². The van der Waals surface area contributed by atoms with E-state index in [9.17, 15) is 18.0 Å². The Balaban J connectivity index is 2.08. The molecule has 2 aromatic carbocycles. The number of hydrogen-bond acceptors (Lipinski definition) is 6. The second-order valence-corrected chi connectivity index (χ2v) is 7.96. The molecule has 150 valence electrons. The minimum Gasteiger partial charge on any atom is -0.495 e. The fourth-order valence-electron chi connectivity index (χ4n) is 2.18. The van der Waals surface area contributed by atoms with Crippen molar-refractivity contribution in [1.82, 2.24) is 0 Å². The van der Waals surface area contributed by atoms with Gasteiger partial charge in [0.15, 0.2) is 6.61 Å². The number of ether oxygens (including phenoxy) is 2. The van der Waals surface area contributed by atoms with Crippen LogP contribution in [0, 0.1) is 6.92 Å². The third-order valence-corrected chi connectivity index (χ3v) is 5.36. The third kappa shape index (κ3) is 5.35. The van der Waals surface area contributed by atoms with Crippen molar-refractivity contribution in [3.8, 4) is 5.75 Å². The van der Waals surface area contributed by atoms with Gasteiger partial charge in [-0.05, 0) is 36.8 Å². The summed E-state index contributed by atoms with van der Waals surface area (Å²) < 4.78 is 33.0. The predicted octanol–water partition coefficient (Wildman–Crippen LogP) is 2.75. The van der Waals surface area contributed by atoms with Crippen LogP contribution < -0.4 is 15.2 Å². The topological polar surface area (TPSA) is 125 Å². The first-order valence-corrected chi connectivity index (χ1v) is 9.96. The van der Waals surface area contributed by atoms with Crippen LogP contribution in [-0.4, -0.2) is 34.0 Å². The summed E-state index contributed by atoms with van der Waals surface area (Å²) in [5, 5.41) is 7.91. The van der Waals surface area contributed by atoms with Crippen LogP contribution in [-0.2, 0) is 19.6 Å². The number of aryl methyl sites for hydroxylation is 1. The predicted molar refractivity (Wildman–Crippen MR) is 104 cm³/mol. The minimum absolute atomic E-state index is 0.124. The fraction of sp³-hybridized carbons (Fsp3) is 0.176. The van der Waals surface area contributed by atoms with Crippen LogP contribution in [0.2, 0.25) is 10.0 Å². The molecule has 28 heavy (non-hydrogen) atoms. The van der Waals surface area contributed by atoms with E-state index in [1.165, 1.54) is 19.2 Å². The Morgan fingerprint density at radius 2 is 1.82 bits per heavy atom. The number of anilines is 1. The van der Waals surface area contributed by atoms with Gasteiger partial charge in [-0.3, -0.25) is 4.79 Å². The lowest BCUT2D eigenvalue weighted by Crippen LogP contribution is -2.21. The number of carbonyl (C=O) groups is 2. The van der Waals surface area contributed by atoms with Crippen LogP contribution in [0.4, 0.5) is 5.69 Å². The number of nitrogens with one attached hydrogen (secondary N) is 1. The number of nitrogens with two attached hydrogens (primary N) is 1. The second-order valence-electron chi connectivity index (χ2n) is 5.62. The van der Waals surface area contributed by atoms with E-state index in [1.807, 2.05) is 0 Å². The molecular weight excluding hydrogens is 431 g/mol. The summed E-state index contributed by atoms with van der Waals surface area (Å²) in [6.07, 6.45) is 0. The molecule has 0 fully saturated rings. The van der Waals surface area contributed by atoms with Crippen LogP contribution in [0.15, 0.2) is 35.2 Å². The van der Waals surface area contributed by atoms with Crippen LogP contribution in [0.5, 0.6) is 5.75 Å². The Bertz CT molecular complexity index is 1040. The van der Waals surface area contributed by atoms with Gasteiger partial charge >= 0.3 is 5.97 Å². The number of esters is 1. The Labute approximate surface area is 171 Å². The Hall–Kier alpha value is -2.33. The highest BCUT2D eigenvalue weighted by Crippen LogP contribution is 2.30. The van der Waals surface area contributed by atoms with E-state index in [0.717, 1.165) is 6.07 Å². The lowest BCUT2D eigenvalue weighted by atomic mass is 10.2. The van der Waals surface area contributed by atoms with Crippen molar-refractivity contribution in [1.29, 1.82) is 0 Å². The summed E-state index contributed by atoms with van der Waals surface area (Å²) in [6.45, 7) is 1.14. The van der Waals surface area contributed by atoms with Gasteiger partial charge in [0.1, 0.15) is 10.6 Å². The Morgan fingerprint density at radius 1 is 1.14 bits per heavy atom. The molecule has 0 aromatic heterocycles. The van der Waals surface area contributed by atoms with E-state index in [0.29, 0.717) is 22.0 Å². The summed E-state index contributed by atoms with van der Waals surface area (Å²) in [6, 6.07) is 6.57. The number of hydrogen-bond donors (Lipinski definition) is 2. The molecule has 0 spiro atoms. The number of primary sulfonamides is 1. The molecule has 8 nitrogen and oxygen atoms in total. The number of benzene rings is 2. The van der Waals surface area contributed by atoms with Crippen molar-refractivity contribution in [2.24, 2.45) is 5.14 Å². The second kappa shape index (κ2) is 8.78. The summed E-state index contributed by atoms with van der Waals surface area (Å²) in [4.78, 5) is 23.7. The molecule has 2 aromatic rings. The van der Waals surface area contributed by atoms with Crippen molar-refractivity contribution in [2.75, 3.05) is 19.0 Å². The number of sulfonamides is 1. The van der Waals surface area contributed by atoms with E-state index in [4.69, 9.17) is 37.8 Å². The molecule has 0 saturated heterocycles. The molecule has 0 atom stereocenters. The van der Waals surface area contributed by atoms with E-state index >= 15 is 0 Å². The van der Waals surface area contributed by atoms with Crippen molar-refractivity contribution < 1.29 is 27.5 Å². The largest absolute Gasteiger partial charge is 0.495 e. The van der Waals surface area contributed by atoms with Gasteiger partial charge in [-0.15, -0.1) is 0 Å². The molecule has 0 unspecified atom stereocenters. The quantitative estimate of drug-likeness (QED) is 0.657. The normalized spacial score (nSPS) is 11.0. The van der Waals surface area contributed by atoms with Crippen LogP contribution >= 0.6 is 23.2 Å². The van der Waals surface area contributed by atoms with Crippen molar-refractivity contribution in [3.63, 3.8) is 0 Å². The maximum absolute atomic E-state index is 12.1. The fourth-order valence-corrected chi connectivity index (χ4v) is 3.40. The first-order chi connectivity index (χ1) is 13.0. The lowest BCUT2D eigenvalue weighted by Gasteiger charge is -2.12. The van der Waals surface area contributed by atoms with Crippen molar-refractivity contribution >= 4 is 50.8 Å². The minimum atomic E-state index is -4.12. The Kier molecular flexibility index (Phi) is 6.89. The SMILES string of the molecule is COc1cc(Cl)c(C)cc1NC(=O)COC(=O)c1ccc(Cl)c(S(N)(=O)=O)c1.